The number of aldehydes is 1. The van der Waals surface area contributed by atoms with Crippen molar-refractivity contribution >= 4 is 48.0 Å². The number of anilines is 3. The minimum atomic E-state index is 0.216. The van der Waals surface area contributed by atoms with Gasteiger partial charge >= 0.3 is 0 Å². The van der Waals surface area contributed by atoms with Crippen LogP contribution in [0, 0.1) is 13.8 Å². The van der Waals surface area contributed by atoms with E-state index < -0.39 is 0 Å². The second-order valence-electron chi connectivity index (χ2n) is 6.65. The van der Waals surface area contributed by atoms with Gasteiger partial charge < -0.3 is 24.7 Å². The molecule has 0 aliphatic rings. The Hall–Kier alpha value is -2.96. The molecule has 0 unspecified atom stereocenters. The van der Waals surface area contributed by atoms with Crippen LogP contribution in [0.1, 0.15) is 18.1 Å². The van der Waals surface area contributed by atoms with Gasteiger partial charge in [0.1, 0.15) is 19.9 Å². The second-order valence-corrected chi connectivity index (χ2v) is 6.65. The topological polar surface area (TPSA) is 68.2 Å². The first-order valence-corrected chi connectivity index (χ1v) is 9.09. The van der Waals surface area contributed by atoms with E-state index in [1.807, 2.05) is 51.4 Å². The molecule has 140 valence electrons. The van der Waals surface area contributed by atoms with Gasteiger partial charge in [-0.3, -0.25) is 0 Å². The summed E-state index contributed by atoms with van der Waals surface area (Å²) in [6.07, 6.45) is 0.892. The number of aryl methyl sites for hydroxylation is 2. The molecule has 27 heavy (non-hydrogen) atoms. The lowest BCUT2D eigenvalue weighted by Gasteiger charge is -2.16. The van der Waals surface area contributed by atoms with E-state index in [9.17, 15) is 4.79 Å². The maximum Gasteiger partial charge on any atom is 0.209 e. The fourth-order valence-corrected chi connectivity index (χ4v) is 3.41. The predicted molar refractivity (Wildman–Crippen MR) is 114 cm³/mol. The maximum absolute atomic E-state index is 11.4. The van der Waals surface area contributed by atoms with E-state index >= 15 is 0 Å². The average molecular weight is 364 g/mol. The molecule has 0 bridgehead atoms. The van der Waals surface area contributed by atoms with Gasteiger partial charge in [-0.15, -0.1) is 0 Å². The molecule has 1 aromatic heterocycles. The molecule has 1 heterocycles. The van der Waals surface area contributed by atoms with E-state index in [4.69, 9.17) is 9.72 Å². The molecule has 3 rings (SSSR count). The highest BCUT2D eigenvalue weighted by atomic mass is 16.5. The molecule has 0 saturated carbocycles. The molecule has 0 amide bonds. The molecule has 0 atom stereocenters. The smallest absolute Gasteiger partial charge is 0.209 e. The van der Waals surface area contributed by atoms with Crippen LogP contribution in [-0.4, -0.2) is 37.3 Å². The van der Waals surface area contributed by atoms with E-state index in [0.29, 0.717) is 5.95 Å². The number of ether oxygens (including phenoxy) is 1. The van der Waals surface area contributed by atoms with Crippen LogP contribution in [0.4, 0.5) is 17.3 Å². The highest BCUT2D eigenvalue weighted by Gasteiger charge is 2.18. The number of methoxy groups -OCH3 is 1. The van der Waals surface area contributed by atoms with E-state index in [1.54, 1.807) is 7.11 Å². The van der Waals surface area contributed by atoms with Gasteiger partial charge in [-0.25, -0.2) is 4.98 Å². The van der Waals surface area contributed by atoms with Crippen molar-refractivity contribution in [3.63, 3.8) is 0 Å². The van der Waals surface area contributed by atoms with Crippen LogP contribution < -0.4 is 20.8 Å². The average Bonchev–Trinajstić information content (AvgIpc) is 2.99. The first kappa shape index (κ1) is 18.8. The molecule has 0 radical (unpaired) electrons. The van der Waals surface area contributed by atoms with E-state index in [2.05, 4.69) is 16.7 Å². The van der Waals surface area contributed by atoms with Gasteiger partial charge in [0.05, 0.1) is 36.1 Å². The molecule has 0 aliphatic heterocycles. The van der Waals surface area contributed by atoms with E-state index in [0.717, 1.165) is 57.6 Å². The highest BCUT2D eigenvalue weighted by molar-refractivity contribution is 6.32. The lowest BCUT2D eigenvalue weighted by molar-refractivity contribution is -0.108. The number of nitrogens with one attached hydrogen (secondary N) is 2. The van der Waals surface area contributed by atoms with Crippen molar-refractivity contribution in [2.75, 3.05) is 24.3 Å². The van der Waals surface area contributed by atoms with Crippen molar-refractivity contribution < 1.29 is 9.53 Å². The highest BCUT2D eigenvalue weighted by Crippen LogP contribution is 2.34. The zero-order valence-electron chi connectivity index (χ0n) is 16.5. The van der Waals surface area contributed by atoms with Crippen LogP contribution >= 0.6 is 0 Å². The van der Waals surface area contributed by atoms with Crippen LogP contribution in [0.25, 0.3) is 11.0 Å². The molecule has 2 aromatic carbocycles. The number of hydrogen-bond donors (Lipinski definition) is 2. The number of carbonyl (C=O) groups is 1. The van der Waals surface area contributed by atoms with Crippen LogP contribution in [0.5, 0.6) is 5.75 Å². The number of nitrogens with zero attached hydrogens (tertiary/aromatic N) is 2. The lowest BCUT2D eigenvalue weighted by Crippen LogP contribution is -2.10. The van der Waals surface area contributed by atoms with Gasteiger partial charge in [0.25, 0.3) is 0 Å². The normalized spacial score (nSPS) is 10.8. The first-order valence-electron chi connectivity index (χ1n) is 9.09. The summed E-state index contributed by atoms with van der Waals surface area (Å²) in [6.45, 7) is 7.11. The number of fused-ring (bicyclic) bond motifs is 1. The Morgan fingerprint density at radius 1 is 1.26 bits per heavy atom. The molecule has 3 aromatic rings. The first-order chi connectivity index (χ1) is 13.0. The minimum Gasteiger partial charge on any atom is -0.495 e. The maximum atomic E-state index is 11.4. The molecule has 0 fully saturated rings. The zero-order valence-corrected chi connectivity index (χ0v) is 16.5. The molecule has 0 aliphatic carbocycles. The molecular formula is C20H25BN4O2. The predicted octanol–water partition coefficient (Wildman–Crippen LogP) is 2.29. The van der Waals surface area contributed by atoms with Crippen molar-refractivity contribution in [3.05, 3.63) is 35.4 Å². The summed E-state index contributed by atoms with van der Waals surface area (Å²) in [4.78, 5) is 16.2. The number of benzene rings is 2. The second kappa shape index (κ2) is 7.74. The van der Waals surface area contributed by atoms with Crippen LogP contribution in [0.3, 0.4) is 0 Å². The third-order valence-electron chi connectivity index (χ3n) is 4.62. The van der Waals surface area contributed by atoms with Crippen LogP contribution in [0.2, 0.25) is 0 Å². The Labute approximate surface area is 160 Å². The Bertz CT molecular complexity index is 998. The van der Waals surface area contributed by atoms with Gasteiger partial charge in [-0.05, 0) is 44.0 Å². The van der Waals surface area contributed by atoms with Crippen molar-refractivity contribution in [1.29, 1.82) is 0 Å². The van der Waals surface area contributed by atoms with Crippen molar-refractivity contribution in [2.45, 2.75) is 27.3 Å². The van der Waals surface area contributed by atoms with Crippen LogP contribution in [0.15, 0.2) is 24.3 Å². The molecule has 0 saturated heterocycles. The monoisotopic (exact) mass is 364 g/mol. The third-order valence-corrected chi connectivity index (χ3v) is 4.62. The van der Waals surface area contributed by atoms with E-state index in [-0.39, 0.29) is 6.54 Å². The largest absolute Gasteiger partial charge is 0.495 e. The number of hydrogen-bond acceptors (Lipinski definition) is 5. The van der Waals surface area contributed by atoms with Crippen molar-refractivity contribution in [3.8, 4) is 5.75 Å². The molecule has 7 heteroatoms. The molecule has 6 nitrogen and oxygen atoms in total. The van der Waals surface area contributed by atoms with Crippen molar-refractivity contribution in [1.82, 2.24) is 9.55 Å². The summed E-state index contributed by atoms with van der Waals surface area (Å²) < 4.78 is 7.47. The SMILES string of the molecule is Bc1cc(C)c(Nc2nc3c(C)ccc(NCC)c3n2CC=O)c(OC)c1. The summed E-state index contributed by atoms with van der Waals surface area (Å²) in [6, 6.07) is 8.15. The quantitative estimate of drug-likeness (QED) is 0.497. The van der Waals surface area contributed by atoms with Gasteiger partial charge in [0.15, 0.2) is 0 Å². The van der Waals surface area contributed by atoms with Crippen molar-refractivity contribution in [2.24, 2.45) is 0 Å². The Balaban J connectivity index is 2.21. The number of rotatable bonds is 7. The summed E-state index contributed by atoms with van der Waals surface area (Å²) in [5, 5.41) is 6.76. The number of imidazole rings is 1. The summed E-state index contributed by atoms with van der Waals surface area (Å²) in [5.74, 6) is 1.37. The summed E-state index contributed by atoms with van der Waals surface area (Å²) >= 11 is 0. The lowest BCUT2D eigenvalue weighted by atomic mass is 9.93. The Morgan fingerprint density at radius 2 is 2.04 bits per heavy atom. The third kappa shape index (κ3) is 3.49. The van der Waals surface area contributed by atoms with E-state index in [1.165, 1.54) is 0 Å². The van der Waals surface area contributed by atoms with Crippen LogP contribution in [-0.2, 0) is 11.3 Å². The minimum absolute atomic E-state index is 0.216. The summed E-state index contributed by atoms with van der Waals surface area (Å²) in [7, 11) is 3.69. The number of carbonyl (C=O) groups excluding carboxylic acids is 1. The fourth-order valence-electron chi connectivity index (χ4n) is 3.41. The van der Waals surface area contributed by atoms with Gasteiger partial charge in [-0.1, -0.05) is 17.6 Å². The standard InChI is InChI=1S/C20H25BN4O2/c1-5-22-15-7-6-12(2)18-19(15)25(8-9-26)20(24-18)23-17-13(3)10-14(21)11-16(17)27-4/h6-7,9-11,22H,5,8,21H2,1-4H3,(H,23,24). The number of aromatic nitrogens is 2. The fraction of sp³-hybridized carbons (Fsp3) is 0.300. The Morgan fingerprint density at radius 3 is 2.70 bits per heavy atom. The Kier molecular flexibility index (Phi) is 5.39. The molecular weight excluding hydrogens is 339 g/mol. The zero-order chi connectivity index (χ0) is 19.6. The van der Waals surface area contributed by atoms with Gasteiger partial charge in [0, 0.05) is 6.54 Å². The van der Waals surface area contributed by atoms with Gasteiger partial charge in [-0.2, -0.15) is 0 Å². The molecule has 0 spiro atoms. The van der Waals surface area contributed by atoms with Gasteiger partial charge in [0.2, 0.25) is 5.95 Å². The summed E-state index contributed by atoms with van der Waals surface area (Å²) in [5.41, 5.74) is 6.87. The molecule has 2 N–H and O–H groups in total.